The van der Waals surface area contributed by atoms with E-state index in [4.69, 9.17) is 21.1 Å². The summed E-state index contributed by atoms with van der Waals surface area (Å²) in [5.74, 6) is 1.77. The van der Waals surface area contributed by atoms with Crippen LogP contribution in [0.15, 0.2) is 42.3 Å². The molecule has 0 bridgehead atoms. The zero-order valence-electron chi connectivity index (χ0n) is 19.6. The van der Waals surface area contributed by atoms with E-state index >= 15 is 0 Å². The Balaban J connectivity index is 1.48. The predicted octanol–water partition coefficient (Wildman–Crippen LogP) is 4.65. The molecule has 2 amide bonds. The first-order chi connectivity index (χ1) is 16.5. The van der Waals surface area contributed by atoms with Gasteiger partial charge in [-0.2, -0.15) is 5.10 Å². The number of nitrogens with zero attached hydrogens (tertiary/aromatic N) is 3. The number of hydrogen-bond donors (Lipinski definition) is 1. The van der Waals surface area contributed by atoms with Crippen LogP contribution in [0.3, 0.4) is 0 Å². The first-order valence-electron chi connectivity index (χ1n) is 11.8. The van der Waals surface area contributed by atoms with Crippen LogP contribution in [-0.2, 0) is 16.1 Å². The average Bonchev–Trinajstić information content (AvgIpc) is 3.56. The van der Waals surface area contributed by atoms with Gasteiger partial charge in [-0.15, -0.1) is 0 Å². The van der Waals surface area contributed by atoms with Crippen LogP contribution in [0.25, 0.3) is 0 Å². The summed E-state index contributed by atoms with van der Waals surface area (Å²) in [5.41, 5.74) is 0. The lowest BCUT2D eigenvalue weighted by atomic mass is 9.96. The van der Waals surface area contributed by atoms with Gasteiger partial charge in [-0.3, -0.25) is 14.3 Å². The number of hydrogen-bond acceptors (Lipinski definition) is 5. The minimum atomic E-state index is -0.606. The second-order valence-corrected chi connectivity index (χ2v) is 9.18. The average molecular weight is 487 g/mol. The van der Waals surface area contributed by atoms with Gasteiger partial charge in [0.25, 0.3) is 5.91 Å². The van der Waals surface area contributed by atoms with Crippen LogP contribution in [0.2, 0.25) is 5.02 Å². The monoisotopic (exact) mass is 486 g/mol. The Hall–Kier alpha value is -3.00. The number of amides is 2. The normalized spacial score (nSPS) is 17.1. The molecule has 34 heavy (non-hydrogen) atoms. The third-order valence-electron chi connectivity index (χ3n) is 6.34. The highest BCUT2D eigenvalue weighted by atomic mass is 35.5. The molecule has 182 valence electrons. The van der Waals surface area contributed by atoms with E-state index < -0.39 is 6.04 Å². The van der Waals surface area contributed by atoms with E-state index in [-0.39, 0.29) is 18.4 Å². The Morgan fingerprint density at radius 2 is 2.03 bits per heavy atom. The first-order valence-corrected chi connectivity index (χ1v) is 12.2. The Morgan fingerprint density at radius 1 is 1.26 bits per heavy atom. The van der Waals surface area contributed by atoms with Gasteiger partial charge in [0.1, 0.15) is 28.3 Å². The third-order valence-corrected chi connectivity index (χ3v) is 6.71. The number of benzene rings is 1. The van der Waals surface area contributed by atoms with Crippen molar-refractivity contribution in [1.82, 2.24) is 14.7 Å². The molecular formula is C25H31ClN4O4. The number of ether oxygens (including phenoxy) is 2. The van der Waals surface area contributed by atoms with E-state index in [0.717, 1.165) is 38.6 Å². The molecule has 1 aliphatic carbocycles. The molecule has 1 fully saturated rings. The van der Waals surface area contributed by atoms with E-state index in [2.05, 4.69) is 17.3 Å². The molecule has 0 spiro atoms. The van der Waals surface area contributed by atoms with Crippen molar-refractivity contribution in [1.29, 1.82) is 0 Å². The molecule has 1 aromatic carbocycles. The number of halogens is 1. The maximum atomic E-state index is 13.3. The van der Waals surface area contributed by atoms with Gasteiger partial charge < -0.3 is 19.7 Å². The van der Waals surface area contributed by atoms with Crippen molar-refractivity contribution < 1.29 is 19.1 Å². The van der Waals surface area contributed by atoms with Crippen LogP contribution < -0.4 is 14.8 Å². The minimum absolute atomic E-state index is 0.196. The number of carbonyl (C=O) groups excluding carboxylic acids is 2. The Labute approximate surface area is 204 Å². The van der Waals surface area contributed by atoms with Crippen molar-refractivity contribution in [2.24, 2.45) is 5.92 Å². The molecule has 2 aromatic rings. The van der Waals surface area contributed by atoms with Crippen LogP contribution >= 0.6 is 11.6 Å². The number of aryl methyl sites for hydroxylation is 1. The van der Waals surface area contributed by atoms with Crippen molar-refractivity contribution in [3.63, 3.8) is 0 Å². The number of carbonyl (C=O) groups is 2. The van der Waals surface area contributed by atoms with Crippen LogP contribution in [0.5, 0.6) is 11.5 Å². The van der Waals surface area contributed by atoms with Gasteiger partial charge >= 0.3 is 0 Å². The van der Waals surface area contributed by atoms with E-state index in [1.165, 1.54) is 13.2 Å². The zero-order valence-corrected chi connectivity index (χ0v) is 20.4. The van der Waals surface area contributed by atoms with Gasteiger partial charge in [-0.05, 0) is 30.9 Å². The molecule has 4 rings (SSSR count). The Bertz CT molecular complexity index is 1060. The highest BCUT2D eigenvalue weighted by Gasteiger charge is 2.36. The van der Waals surface area contributed by atoms with Crippen molar-refractivity contribution >= 4 is 29.2 Å². The minimum Gasteiger partial charge on any atom is -0.495 e. The fraction of sp³-hybridized carbons (Fsp3) is 0.480. The molecule has 1 aromatic heterocycles. The smallest absolute Gasteiger partial charge is 0.251 e. The van der Waals surface area contributed by atoms with Gasteiger partial charge in [0.15, 0.2) is 5.82 Å². The van der Waals surface area contributed by atoms with Crippen molar-refractivity contribution in [3.05, 3.63) is 47.3 Å². The van der Waals surface area contributed by atoms with Crippen molar-refractivity contribution in [2.45, 2.75) is 58.0 Å². The summed E-state index contributed by atoms with van der Waals surface area (Å²) >= 11 is 6.35. The second kappa shape index (κ2) is 11.0. The lowest BCUT2D eigenvalue weighted by Gasteiger charge is -2.29. The molecule has 1 N–H and O–H groups in total. The molecule has 1 saturated carbocycles. The van der Waals surface area contributed by atoms with E-state index in [1.54, 1.807) is 33.8 Å². The van der Waals surface area contributed by atoms with E-state index in [9.17, 15) is 9.59 Å². The number of anilines is 1. The first kappa shape index (κ1) is 24.1. The maximum absolute atomic E-state index is 13.3. The summed E-state index contributed by atoms with van der Waals surface area (Å²) in [6, 6.07) is 6.39. The van der Waals surface area contributed by atoms with Crippen LogP contribution in [0, 0.1) is 5.92 Å². The van der Waals surface area contributed by atoms with Crippen molar-refractivity contribution in [3.8, 4) is 11.5 Å². The van der Waals surface area contributed by atoms with E-state index in [0.29, 0.717) is 40.4 Å². The number of nitrogens with one attached hydrogen (secondary N) is 1. The van der Waals surface area contributed by atoms with E-state index in [1.807, 2.05) is 6.20 Å². The fourth-order valence-corrected chi connectivity index (χ4v) is 4.88. The molecular weight excluding hydrogens is 456 g/mol. The second-order valence-electron chi connectivity index (χ2n) is 8.81. The zero-order chi connectivity index (χ0) is 24.1. The quantitative estimate of drug-likeness (QED) is 0.528. The van der Waals surface area contributed by atoms with Gasteiger partial charge in [-0.1, -0.05) is 50.3 Å². The molecule has 8 nitrogen and oxygen atoms in total. The van der Waals surface area contributed by atoms with Crippen molar-refractivity contribution in [2.75, 3.05) is 19.0 Å². The summed E-state index contributed by atoms with van der Waals surface area (Å²) in [6.07, 6.45) is 9.32. The topological polar surface area (TPSA) is 85.7 Å². The lowest BCUT2D eigenvalue weighted by Crippen LogP contribution is -2.46. The Morgan fingerprint density at radius 3 is 2.76 bits per heavy atom. The highest BCUT2D eigenvalue weighted by molar-refractivity contribution is 6.33. The summed E-state index contributed by atoms with van der Waals surface area (Å²) in [4.78, 5) is 27.9. The molecule has 2 aliphatic rings. The van der Waals surface area contributed by atoms with Crippen LogP contribution in [0.4, 0.5) is 5.82 Å². The maximum Gasteiger partial charge on any atom is 0.251 e. The van der Waals surface area contributed by atoms with Gasteiger partial charge in [-0.25, -0.2) is 0 Å². The standard InChI is InChI=1S/C25H31ClN4O4/c1-3-12-29-13-11-22(28-29)27-25(32)19(14-17-7-4-5-8-17)30-16-18(15-23(30)31)34-21-10-6-9-20(33-2)24(21)26/h6,9-11,13,15,17,19H,3-5,7-8,12,14,16H2,1-2H3,(H,27,28,32)/t19-/m0/s1. The number of methoxy groups -OCH3 is 1. The molecule has 1 aliphatic heterocycles. The third kappa shape index (κ3) is 5.55. The van der Waals surface area contributed by atoms with Gasteiger partial charge in [0, 0.05) is 24.9 Å². The largest absolute Gasteiger partial charge is 0.495 e. The molecule has 0 saturated heterocycles. The van der Waals surface area contributed by atoms with Gasteiger partial charge in [0.2, 0.25) is 5.91 Å². The molecule has 9 heteroatoms. The van der Waals surface area contributed by atoms with Crippen LogP contribution in [0.1, 0.15) is 45.4 Å². The lowest BCUT2D eigenvalue weighted by molar-refractivity contribution is -0.134. The summed E-state index contributed by atoms with van der Waals surface area (Å²) in [7, 11) is 1.53. The predicted molar refractivity (Wildman–Crippen MR) is 130 cm³/mol. The Kier molecular flexibility index (Phi) is 7.77. The fourth-order valence-electron chi connectivity index (χ4n) is 4.64. The highest BCUT2D eigenvalue weighted by Crippen LogP contribution is 2.36. The summed E-state index contributed by atoms with van der Waals surface area (Å²) in [6.45, 7) is 3.05. The SMILES string of the molecule is CCCn1ccc(NC(=O)[C@H](CC2CCCC2)N2CC(Oc3cccc(OC)c3Cl)=CC2=O)n1. The summed E-state index contributed by atoms with van der Waals surface area (Å²) in [5, 5.41) is 7.66. The number of aromatic nitrogens is 2. The molecule has 1 atom stereocenters. The number of rotatable bonds is 10. The summed E-state index contributed by atoms with van der Waals surface area (Å²) < 4.78 is 13.0. The van der Waals surface area contributed by atoms with Crippen LogP contribution in [-0.4, -0.2) is 46.2 Å². The molecule has 0 radical (unpaired) electrons. The molecule has 2 heterocycles. The van der Waals surface area contributed by atoms with Gasteiger partial charge in [0.05, 0.1) is 13.7 Å². The molecule has 0 unspecified atom stereocenters.